The highest BCUT2D eigenvalue weighted by atomic mass is 16.6. The number of hydrogen-bond acceptors (Lipinski definition) is 8. The zero-order valence-corrected chi connectivity index (χ0v) is 19.3. The fourth-order valence-corrected chi connectivity index (χ4v) is 4.34. The van der Waals surface area contributed by atoms with E-state index >= 15 is 0 Å². The Morgan fingerprint density at radius 2 is 1.78 bits per heavy atom. The van der Waals surface area contributed by atoms with E-state index in [0.717, 1.165) is 5.56 Å². The van der Waals surface area contributed by atoms with Gasteiger partial charge in [0.15, 0.2) is 11.5 Å². The molecule has 0 saturated carbocycles. The van der Waals surface area contributed by atoms with Gasteiger partial charge >= 0.3 is 5.97 Å². The van der Waals surface area contributed by atoms with Crippen LogP contribution >= 0.6 is 0 Å². The Morgan fingerprint density at radius 1 is 1.06 bits per heavy atom. The number of hydrogen-bond donors (Lipinski definition) is 1. The van der Waals surface area contributed by atoms with E-state index in [-0.39, 0.29) is 17.9 Å². The summed E-state index contributed by atoms with van der Waals surface area (Å²) in [6.45, 7) is 0.873. The number of carbonyl (C=O) groups is 3. The third-order valence-electron chi connectivity index (χ3n) is 6.08. The molecular weight excluding hydrogens is 464 g/mol. The maximum atomic E-state index is 13.3. The number of aliphatic hydroxyl groups excluding tert-OH is 1. The van der Waals surface area contributed by atoms with Crippen LogP contribution in [0.3, 0.4) is 0 Å². The highest BCUT2D eigenvalue weighted by molar-refractivity contribution is 6.46. The molecular formula is C27H22N2O7. The second-order valence-electron chi connectivity index (χ2n) is 8.26. The van der Waals surface area contributed by atoms with Gasteiger partial charge in [-0.1, -0.05) is 18.2 Å². The predicted octanol–water partition coefficient (Wildman–Crippen LogP) is 3.26. The Morgan fingerprint density at radius 3 is 2.47 bits per heavy atom. The van der Waals surface area contributed by atoms with Crippen molar-refractivity contribution in [2.45, 2.75) is 12.6 Å². The zero-order chi connectivity index (χ0) is 25.2. The fourth-order valence-electron chi connectivity index (χ4n) is 4.34. The largest absolute Gasteiger partial charge is 0.507 e. The molecule has 2 aliphatic rings. The standard InChI is InChI=1S/C27H22N2O7/c1-34-27(33)18-6-4-17(5-7-18)23-22(24(30)19-8-9-20-21(13-19)36-12-11-35-20)25(31)26(32)29(23)15-16-3-2-10-28-14-16/h2-10,13-14,23,30H,11-12,15H2,1H3/t23-/m1/s1. The highest BCUT2D eigenvalue weighted by Gasteiger charge is 2.46. The number of nitrogens with zero attached hydrogens (tertiary/aromatic N) is 2. The van der Waals surface area contributed by atoms with Gasteiger partial charge in [-0.2, -0.15) is 0 Å². The summed E-state index contributed by atoms with van der Waals surface area (Å²) in [6, 6.07) is 13.8. The van der Waals surface area contributed by atoms with Gasteiger partial charge in [-0.15, -0.1) is 0 Å². The van der Waals surface area contributed by atoms with Crippen LogP contribution in [0.5, 0.6) is 11.5 Å². The molecule has 9 nitrogen and oxygen atoms in total. The number of aliphatic hydroxyl groups is 1. The van der Waals surface area contributed by atoms with Crippen molar-refractivity contribution in [3.05, 3.63) is 94.8 Å². The van der Waals surface area contributed by atoms with Gasteiger partial charge in [0.1, 0.15) is 19.0 Å². The number of benzene rings is 2. The summed E-state index contributed by atoms with van der Waals surface area (Å²) in [7, 11) is 1.28. The molecule has 0 aliphatic carbocycles. The number of ketones is 1. The average Bonchev–Trinajstić information content (AvgIpc) is 3.17. The van der Waals surface area contributed by atoms with Crippen LogP contribution in [-0.2, 0) is 20.9 Å². The van der Waals surface area contributed by atoms with E-state index in [1.165, 1.54) is 12.0 Å². The van der Waals surface area contributed by atoms with Crippen LogP contribution in [0, 0.1) is 0 Å². The van der Waals surface area contributed by atoms with Gasteiger partial charge in [-0.05, 0) is 47.5 Å². The molecule has 3 heterocycles. The quantitative estimate of drug-likeness (QED) is 0.253. The summed E-state index contributed by atoms with van der Waals surface area (Å²) in [5.41, 5.74) is 1.83. The zero-order valence-electron chi connectivity index (χ0n) is 19.3. The molecule has 1 saturated heterocycles. The van der Waals surface area contributed by atoms with Gasteiger partial charge in [-0.3, -0.25) is 14.6 Å². The van der Waals surface area contributed by atoms with E-state index in [9.17, 15) is 19.5 Å². The van der Waals surface area contributed by atoms with Crippen LogP contribution in [0.15, 0.2) is 72.6 Å². The van der Waals surface area contributed by atoms with Crippen LogP contribution in [0.1, 0.15) is 33.1 Å². The number of likely N-dealkylation sites (tertiary alicyclic amines) is 1. The minimum absolute atomic E-state index is 0.0635. The lowest BCUT2D eigenvalue weighted by Crippen LogP contribution is -2.29. The summed E-state index contributed by atoms with van der Waals surface area (Å²) < 4.78 is 15.9. The first-order chi connectivity index (χ1) is 17.5. The molecule has 1 aromatic heterocycles. The number of esters is 1. The molecule has 0 radical (unpaired) electrons. The Labute approximate surface area is 206 Å². The molecule has 1 N–H and O–H groups in total. The predicted molar refractivity (Wildman–Crippen MR) is 127 cm³/mol. The van der Waals surface area contributed by atoms with Crippen molar-refractivity contribution in [2.75, 3.05) is 20.3 Å². The lowest BCUT2D eigenvalue weighted by molar-refractivity contribution is -0.140. The van der Waals surface area contributed by atoms with Gasteiger partial charge < -0.3 is 24.2 Å². The molecule has 1 atom stereocenters. The monoisotopic (exact) mass is 486 g/mol. The van der Waals surface area contributed by atoms with Crippen molar-refractivity contribution in [1.82, 2.24) is 9.88 Å². The van der Waals surface area contributed by atoms with Gasteiger partial charge in [0.2, 0.25) is 0 Å². The molecule has 1 amide bonds. The molecule has 0 spiro atoms. The maximum Gasteiger partial charge on any atom is 0.337 e. The Hall–Kier alpha value is -4.66. The lowest BCUT2D eigenvalue weighted by Gasteiger charge is -2.25. The fraction of sp³-hybridized carbons (Fsp3) is 0.185. The van der Waals surface area contributed by atoms with Crippen LogP contribution in [0.25, 0.3) is 5.76 Å². The first-order valence-corrected chi connectivity index (χ1v) is 11.2. The second kappa shape index (κ2) is 9.53. The minimum atomic E-state index is -0.898. The highest BCUT2D eigenvalue weighted by Crippen LogP contribution is 2.41. The smallest absolute Gasteiger partial charge is 0.337 e. The van der Waals surface area contributed by atoms with E-state index in [4.69, 9.17) is 14.2 Å². The number of methoxy groups -OCH3 is 1. The van der Waals surface area contributed by atoms with Crippen LogP contribution in [0.4, 0.5) is 0 Å². The average molecular weight is 486 g/mol. The number of rotatable bonds is 5. The molecule has 0 unspecified atom stereocenters. The van der Waals surface area contributed by atoms with E-state index < -0.39 is 23.7 Å². The molecule has 2 aromatic carbocycles. The van der Waals surface area contributed by atoms with E-state index in [1.807, 2.05) is 0 Å². The Bertz CT molecular complexity index is 1370. The van der Waals surface area contributed by atoms with Crippen molar-refractivity contribution < 1.29 is 33.7 Å². The number of aromatic nitrogens is 1. The normalized spacial score (nSPS) is 18.2. The van der Waals surface area contributed by atoms with Crippen molar-refractivity contribution in [1.29, 1.82) is 0 Å². The van der Waals surface area contributed by atoms with Crippen molar-refractivity contribution in [2.24, 2.45) is 0 Å². The molecule has 0 bridgehead atoms. The minimum Gasteiger partial charge on any atom is -0.507 e. The molecule has 2 aliphatic heterocycles. The maximum absolute atomic E-state index is 13.3. The molecule has 3 aromatic rings. The molecule has 182 valence electrons. The number of Topliss-reactive ketones (excluding diaryl/α,β-unsaturated/α-hetero) is 1. The summed E-state index contributed by atoms with van der Waals surface area (Å²) in [5, 5.41) is 11.3. The van der Waals surface area contributed by atoms with Gasteiger partial charge in [0.05, 0.1) is 24.3 Å². The van der Waals surface area contributed by atoms with Crippen molar-refractivity contribution in [3.8, 4) is 11.5 Å². The number of amides is 1. The van der Waals surface area contributed by atoms with Crippen molar-refractivity contribution >= 4 is 23.4 Å². The Balaban J connectivity index is 1.62. The number of ether oxygens (including phenoxy) is 3. The van der Waals surface area contributed by atoms with E-state index in [0.29, 0.717) is 41.4 Å². The molecule has 36 heavy (non-hydrogen) atoms. The topological polar surface area (TPSA) is 115 Å². The summed E-state index contributed by atoms with van der Waals surface area (Å²) in [5.74, 6) is -1.43. The van der Waals surface area contributed by atoms with Gasteiger partial charge in [0.25, 0.3) is 11.7 Å². The van der Waals surface area contributed by atoms with Gasteiger partial charge in [-0.25, -0.2) is 4.79 Å². The second-order valence-corrected chi connectivity index (χ2v) is 8.26. The summed E-state index contributed by atoms with van der Waals surface area (Å²) in [4.78, 5) is 43.8. The third kappa shape index (κ3) is 4.15. The first-order valence-electron chi connectivity index (χ1n) is 11.2. The Kier molecular flexibility index (Phi) is 6.12. The first kappa shape index (κ1) is 23.1. The van der Waals surface area contributed by atoms with Crippen molar-refractivity contribution in [3.63, 3.8) is 0 Å². The molecule has 1 fully saturated rings. The van der Waals surface area contributed by atoms with Crippen LogP contribution < -0.4 is 9.47 Å². The SMILES string of the molecule is COC(=O)c1ccc([C@@H]2C(=C(O)c3ccc4c(c3)OCCO4)C(=O)C(=O)N2Cc2cccnc2)cc1. The lowest BCUT2D eigenvalue weighted by atomic mass is 9.94. The van der Waals surface area contributed by atoms with Crippen LogP contribution in [0.2, 0.25) is 0 Å². The number of fused-ring (bicyclic) bond motifs is 1. The van der Waals surface area contributed by atoms with E-state index in [1.54, 1.807) is 67.0 Å². The van der Waals surface area contributed by atoms with Crippen LogP contribution in [-0.4, -0.2) is 53.0 Å². The summed E-state index contributed by atoms with van der Waals surface area (Å²) >= 11 is 0. The summed E-state index contributed by atoms with van der Waals surface area (Å²) in [6.07, 6.45) is 3.22. The number of carbonyl (C=O) groups excluding carboxylic acids is 3. The molecule has 5 rings (SSSR count). The van der Waals surface area contributed by atoms with Gasteiger partial charge in [0, 0.05) is 24.5 Å². The molecule has 9 heteroatoms. The third-order valence-corrected chi connectivity index (χ3v) is 6.08. The number of pyridine rings is 1. The van der Waals surface area contributed by atoms with E-state index in [2.05, 4.69) is 4.98 Å².